The third-order valence-corrected chi connectivity index (χ3v) is 5.84. The summed E-state index contributed by atoms with van der Waals surface area (Å²) < 4.78 is 10.8. The van der Waals surface area contributed by atoms with Crippen LogP contribution in [0.1, 0.15) is 46.2 Å². The lowest BCUT2D eigenvalue weighted by Crippen LogP contribution is -2.23. The molecular weight excluding hydrogens is 250 g/mol. The molecule has 3 nitrogen and oxygen atoms in total. The van der Waals surface area contributed by atoms with Gasteiger partial charge in [0.1, 0.15) is 0 Å². The first-order valence-electron chi connectivity index (χ1n) is 7.47. The Labute approximate surface area is 121 Å². The summed E-state index contributed by atoms with van der Waals surface area (Å²) in [5, 5.41) is 3.67. The smallest absolute Gasteiger partial charge is 0.231 e. The minimum Gasteiger partial charge on any atom is -0.454 e. The Morgan fingerprint density at radius 1 is 1.15 bits per heavy atom. The van der Waals surface area contributed by atoms with E-state index in [1.165, 1.54) is 5.56 Å². The number of benzene rings is 1. The number of fused-ring (bicyclic) bond motifs is 1. The van der Waals surface area contributed by atoms with Gasteiger partial charge in [0.25, 0.3) is 0 Å². The fraction of sp³-hybridized carbons (Fsp3) is 0.647. The maximum atomic E-state index is 5.44. The van der Waals surface area contributed by atoms with E-state index in [0.717, 1.165) is 24.0 Å². The Bertz CT molecular complexity index is 508. The summed E-state index contributed by atoms with van der Waals surface area (Å²) in [6.45, 7) is 13.1. The molecule has 2 aliphatic rings. The van der Waals surface area contributed by atoms with Crippen molar-refractivity contribution in [3.63, 3.8) is 0 Å². The predicted octanol–water partition coefficient (Wildman–Crippen LogP) is 3.75. The molecule has 1 atom stereocenters. The average molecular weight is 275 g/mol. The lowest BCUT2D eigenvalue weighted by atomic mass is 10.0. The fourth-order valence-corrected chi connectivity index (χ4v) is 3.44. The van der Waals surface area contributed by atoms with E-state index in [2.05, 4.69) is 52.1 Å². The normalized spacial score (nSPS) is 23.6. The van der Waals surface area contributed by atoms with E-state index in [-0.39, 0.29) is 0 Å². The highest BCUT2D eigenvalue weighted by Gasteiger charge is 2.63. The third kappa shape index (κ3) is 1.99. The molecule has 0 amide bonds. The van der Waals surface area contributed by atoms with E-state index >= 15 is 0 Å². The van der Waals surface area contributed by atoms with E-state index in [4.69, 9.17) is 9.47 Å². The van der Waals surface area contributed by atoms with Crippen LogP contribution < -0.4 is 14.8 Å². The van der Waals surface area contributed by atoms with Crippen LogP contribution in [0.2, 0.25) is 0 Å². The highest BCUT2D eigenvalue weighted by atomic mass is 16.7. The van der Waals surface area contributed by atoms with Gasteiger partial charge in [0.2, 0.25) is 6.79 Å². The quantitative estimate of drug-likeness (QED) is 0.908. The molecule has 1 fully saturated rings. The van der Waals surface area contributed by atoms with Gasteiger partial charge in [-0.25, -0.2) is 0 Å². The van der Waals surface area contributed by atoms with Crippen molar-refractivity contribution in [1.82, 2.24) is 5.32 Å². The summed E-state index contributed by atoms with van der Waals surface area (Å²) in [5.41, 5.74) is 2.13. The first-order chi connectivity index (χ1) is 9.34. The standard InChI is InChI=1S/C17H25NO2/c1-11(18-9-15-16(2,3)17(15,4)5)12-6-7-13-14(8-12)20-10-19-13/h6-8,11,15,18H,9-10H2,1-5H3. The number of hydrogen-bond donors (Lipinski definition) is 1. The van der Waals surface area contributed by atoms with Gasteiger partial charge in [-0.3, -0.25) is 0 Å². The van der Waals surface area contributed by atoms with Crippen LogP contribution in [0.5, 0.6) is 11.5 Å². The van der Waals surface area contributed by atoms with Crippen molar-refractivity contribution in [3.8, 4) is 11.5 Å². The summed E-state index contributed by atoms with van der Waals surface area (Å²) in [4.78, 5) is 0. The molecule has 0 aromatic heterocycles. The summed E-state index contributed by atoms with van der Waals surface area (Å²) >= 11 is 0. The molecule has 3 heteroatoms. The molecule has 110 valence electrons. The lowest BCUT2D eigenvalue weighted by Gasteiger charge is -2.15. The molecule has 1 aromatic rings. The Balaban J connectivity index is 1.62. The Morgan fingerprint density at radius 3 is 2.45 bits per heavy atom. The SMILES string of the molecule is CC(NCC1C(C)(C)C1(C)C)c1ccc2c(c1)OCO2. The van der Waals surface area contributed by atoms with Crippen molar-refractivity contribution in [1.29, 1.82) is 0 Å². The minimum atomic E-state index is 0.330. The number of ether oxygens (including phenoxy) is 2. The first kappa shape index (κ1) is 13.7. The fourth-order valence-electron chi connectivity index (χ4n) is 3.44. The maximum Gasteiger partial charge on any atom is 0.231 e. The van der Waals surface area contributed by atoms with Gasteiger partial charge in [-0.15, -0.1) is 0 Å². The zero-order valence-electron chi connectivity index (χ0n) is 13.1. The van der Waals surface area contributed by atoms with E-state index in [0.29, 0.717) is 23.7 Å². The molecule has 0 radical (unpaired) electrons. The van der Waals surface area contributed by atoms with Crippen LogP contribution in [-0.2, 0) is 0 Å². The Morgan fingerprint density at radius 2 is 1.80 bits per heavy atom. The van der Waals surface area contributed by atoms with Crippen LogP contribution >= 0.6 is 0 Å². The van der Waals surface area contributed by atoms with Crippen molar-refractivity contribution in [2.24, 2.45) is 16.7 Å². The molecule has 1 unspecified atom stereocenters. The summed E-state index contributed by atoms with van der Waals surface area (Å²) in [6.07, 6.45) is 0. The number of rotatable bonds is 4. The van der Waals surface area contributed by atoms with Gasteiger partial charge in [0, 0.05) is 6.04 Å². The van der Waals surface area contributed by atoms with Gasteiger partial charge < -0.3 is 14.8 Å². The summed E-state index contributed by atoms with van der Waals surface area (Å²) in [5.74, 6) is 2.46. The topological polar surface area (TPSA) is 30.5 Å². The molecule has 1 aliphatic heterocycles. The molecule has 3 rings (SSSR count). The minimum absolute atomic E-state index is 0.330. The summed E-state index contributed by atoms with van der Waals surface area (Å²) in [6, 6.07) is 6.54. The van der Waals surface area contributed by atoms with Gasteiger partial charge in [-0.2, -0.15) is 0 Å². The molecule has 0 bridgehead atoms. The average Bonchev–Trinajstić information content (AvgIpc) is 2.75. The molecule has 20 heavy (non-hydrogen) atoms. The Kier molecular flexibility index (Phi) is 3.02. The second-order valence-corrected chi connectivity index (χ2v) is 7.24. The predicted molar refractivity (Wildman–Crippen MR) is 80.0 cm³/mol. The van der Waals surface area contributed by atoms with Crippen LogP contribution in [0.3, 0.4) is 0 Å². The highest BCUT2D eigenvalue weighted by molar-refractivity contribution is 5.45. The van der Waals surface area contributed by atoms with Crippen molar-refractivity contribution in [2.75, 3.05) is 13.3 Å². The van der Waals surface area contributed by atoms with Crippen molar-refractivity contribution >= 4 is 0 Å². The number of hydrogen-bond acceptors (Lipinski definition) is 3. The second-order valence-electron chi connectivity index (χ2n) is 7.24. The van der Waals surface area contributed by atoms with E-state index in [1.54, 1.807) is 0 Å². The van der Waals surface area contributed by atoms with E-state index in [9.17, 15) is 0 Å². The molecule has 1 aliphatic carbocycles. The largest absolute Gasteiger partial charge is 0.454 e. The zero-order chi connectivity index (χ0) is 14.5. The molecule has 0 spiro atoms. The molecular formula is C17H25NO2. The van der Waals surface area contributed by atoms with Gasteiger partial charge in [-0.1, -0.05) is 33.8 Å². The van der Waals surface area contributed by atoms with Crippen molar-refractivity contribution in [3.05, 3.63) is 23.8 Å². The highest BCUT2D eigenvalue weighted by Crippen LogP contribution is 2.68. The van der Waals surface area contributed by atoms with Crippen molar-refractivity contribution < 1.29 is 9.47 Å². The van der Waals surface area contributed by atoms with Crippen LogP contribution in [0.4, 0.5) is 0 Å². The monoisotopic (exact) mass is 275 g/mol. The van der Waals surface area contributed by atoms with Crippen LogP contribution in [0.15, 0.2) is 18.2 Å². The Hall–Kier alpha value is -1.22. The third-order valence-electron chi connectivity index (χ3n) is 5.84. The van der Waals surface area contributed by atoms with Crippen LogP contribution in [0, 0.1) is 16.7 Å². The molecule has 1 saturated carbocycles. The van der Waals surface area contributed by atoms with Crippen LogP contribution in [-0.4, -0.2) is 13.3 Å². The number of nitrogens with one attached hydrogen (secondary N) is 1. The molecule has 1 heterocycles. The van der Waals surface area contributed by atoms with Crippen molar-refractivity contribution in [2.45, 2.75) is 40.7 Å². The lowest BCUT2D eigenvalue weighted by molar-refractivity contribution is 0.174. The van der Waals surface area contributed by atoms with Crippen LogP contribution in [0.25, 0.3) is 0 Å². The summed E-state index contributed by atoms with van der Waals surface area (Å²) in [7, 11) is 0. The van der Waals surface area contributed by atoms with Gasteiger partial charge >= 0.3 is 0 Å². The molecule has 1 aromatic carbocycles. The maximum absolute atomic E-state index is 5.44. The second kappa shape index (κ2) is 4.39. The van der Waals surface area contributed by atoms with Gasteiger partial charge in [0.05, 0.1) is 0 Å². The van der Waals surface area contributed by atoms with Gasteiger partial charge in [0.15, 0.2) is 11.5 Å². The van der Waals surface area contributed by atoms with Gasteiger partial charge in [-0.05, 0) is 47.9 Å². The first-order valence-corrected chi connectivity index (χ1v) is 7.47. The van der Waals surface area contributed by atoms with E-state index < -0.39 is 0 Å². The zero-order valence-corrected chi connectivity index (χ0v) is 13.1. The molecule has 0 saturated heterocycles. The van der Waals surface area contributed by atoms with E-state index in [1.807, 2.05) is 6.07 Å². The molecule has 1 N–H and O–H groups in total.